The third-order valence-electron chi connectivity index (χ3n) is 18.6. The van der Waals surface area contributed by atoms with Gasteiger partial charge in [0.2, 0.25) is 17.7 Å². The Morgan fingerprint density at radius 2 is 0.922 bits per heavy atom. The smallest absolute Gasteiger partial charge is 0.240 e. The molecule has 3 atom stereocenters. The number of aromatic nitrogens is 3. The largest absolute Gasteiger partial charge is 0.378 e. The van der Waals surface area contributed by atoms with Gasteiger partial charge in [-0.3, -0.25) is 14.4 Å². The van der Waals surface area contributed by atoms with Crippen LogP contribution in [0.25, 0.3) is 66.1 Å². The number of carbonyl (C=O) groups excluding carboxylic acids is 3. The van der Waals surface area contributed by atoms with Crippen molar-refractivity contribution in [2.45, 2.75) is 118 Å². The summed E-state index contributed by atoms with van der Waals surface area (Å²) in [6.45, 7) is 20.8. The molecule has 12 rings (SSSR count). The molecule has 474 valence electrons. The van der Waals surface area contributed by atoms with Gasteiger partial charge in [-0.2, -0.15) is 0 Å². The van der Waals surface area contributed by atoms with Gasteiger partial charge in [0.25, 0.3) is 0 Å². The molecule has 2 aliphatic heterocycles. The first-order valence-electron chi connectivity index (χ1n) is 33.2. The highest BCUT2D eigenvalue weighted by Crippen LogP contribution is 2.30. The summed E-state index contributed by atoms with van der Waals surface area (Å²) in [5, 5.41) is 12.9. The summed E-state index contributed by atoms with van der Waals surface area (Å²) in [5.41, 5.74) is 14.1. The van der Waals surface area contributed by atoms with E-state index in [0.717, 1.165) is 95.9 Å². The lowest BCUT2D eigenvalue weighted by Crippen LogP contribution is -2.43. The van der Waals surface area contributed by atoms with E-state index in [9.17, 15) is 14.4 Å². The van der Waals surface area contributed by atoms with Crippen LogP contribution in [0.5, 0.6) is 0 Å². The highest BCUT2D eigenvalue weighted by Gasteiger charge is 2.23. The number of fused-ring (bicyclic) bond motifs is 3. The fourth-order valence-corrected chi connectivity index (χ4v) is 13.6. The standard InChI is InChI=1S/C27H36N4O.C26H33N3O.C24H29N3O/c1-29(2)24-13-11-21(12-14-24)23-10-9-22-15-17-31(26(22)19-23)20-27(32)28-16-18-30(3)25-7-5-4-6-8-25;1-19-4-6-22(7-5-19)24-9-8-23-10-12-29(25(23)15-24)18-26(30)27-11-13-28-16-20(2)14-21(3)17-28;1-18-5-7-20(8-6-18)22-10-9-21-11-14-27(23(21)15-22)17-24(28)25-19(2)16-26-12-3-4-13-26/h9-15,17,19,25H,4-8,16,18,20H2,1-3H3,(H,28,32);4-10,12,15,20-21H,11,13-14,16-18H2,1-3H3,(H,27,30);5-11,14-15,19H,3-4,12-13,16-17H2,1-2H3,(H,25,28). The SMILES string of the molecule is CN(C)c1ccc(-c2ccc3ccn(CC(=O)NCCN(C)C4CCCCC4)c3c2)cc1.Cc1ccc(-c2ccc3ccn(CC(=O)NC(C)CN4CCCC4)c3c2)cc1.Cc1ccc(-c2ccc3ccn(CC(=O)NCCN4CC(C)CC(C)C4)c3c2)cc1. The predicted octanol–water partition coefficient (Wildman–Crippen LogP) is 13.7. The van der Waals surface area contributed by atoms with E-state index in [4.69, 9.17) is 0 Å². The van der Waals surface area contributed by atoms with Crippen LogP contribution in [0.15, 0.2) is 164 Å². The van der Waals surface area contributed by atoms with E-state index in [2.05, 4.69) is 223 Å². The minimum Gasteiger partial charge on any atom is -0.378 e. The quantitative estimate of drug-likeness (QED) is 0.0696. The molecule has 3 aromatic heterocycles. The van der Waals surface area contributed by atoms with E-state index in [1.54, 1.807) is 0 Å². The van der Waals surface area contributed by atoms with Gasteiger partial charge >= 0.3 is 0 Å². The van der Waals surface area contributed by atoms with E-state index >= 15 is 0 Å². The second-order valence-electron chi connectivity index (χ2n) is 26.5. The third kappa shape index (κ3) is 17.9. The van der Waals surface area contributed by atoms with Crippen LogP contribution in [0.1, 0.15) is 83.3 Å². The minimum atomic E-state index is 0.0697. The van der Waals surface area contributed by atoms with Crippen molar-refractivity contribution in [1.82, 2.24) is 44.4 Å². The van der Waals surface area contributed by atoms with E-state index < -0.39 is 0 Å². The number of aryl methyl sites for hydroxylation is 2. The molecule has 3 aliphatic rings. The Morgan fingerprint density at radius 1 is 0.500 bits per heavy atom. The van der Waals surface area contributed by atoms with Gasteiger partial charge in [-0.1, -0.05) is 141 Å². The summed E-state index contributed by atoms with van der Waals surface area (Å²) < 4.78 is 6.14. The first kappa shape index (κ1) is 65.0. The molecule has 3 N–H and O–H groups in total. The van der Waals surface area contributed by atoms with Gasteiger partial charge in [-0.05, 0) is 183 Å². The normalized spacial score (nSPS) is 16.8. The number of nitrogens with zero attached hydrogens (tertiary/aromatic N) is 7. The zero-order valence-corrected chi connectivity index (χ0v) is 54.9. The number of hydrogen-bond donors (Lipinski definition) is 3. The number of likely N-dealkylation sites (N-methyl/N-ethyl adjacent to an activating group) is 1. The summed E-state index contributed by atoms with van der Waals surface area (Å²) >= 11 is 0. The second kappa shape index (κ2) is 31.2. The Morgan fingerprint density at radius 3 is 1.38 bits per heavy atom. The van der Waals surface area contributed by atoms with Crippen LogP contribution in [0.3, 0.4) is 0 Å². The van der Waals surface area contributed by atoms with Gasteiger partial charge in [0, 0.05) is 113 Å². The summed E-state index contributed by atoms with van der Waals surface area (Å²) in [6.07, 6.45) is 16.5. The van der Waals surface area contributed by atoms with Crippen LogP contribution in [0.2, 0.25) is 0 Å². The number of piperidine rings is 1. The second-order valence-corrected chi connectivity index (χ2v) is 26.5. The maximum absolute atomic E-state index is 12.6. The third-order valence-corrected chi connectivity index (χ3v) is 18.6. The summed E-state index contributed by atoms with van der Waals surface area (Å²) in [7, 11) is 6.29. The molecular formula is C77H98N10O3. The van der Waals surface area contributed by atoms with Crippen LogP contribution in [-0.4, -0.2) is 138 Å². The molecule has 6 aromatic carbocycles. The van der Waals surface area contributed by atoms with Crippen molar-refractivity contribution >= 4 is 56.1 Å². The van der Waals surface area contributed by atoms with Crippen LogP contribution in [0.4, 0.5) is 5.69 Å². The Bertz CT molecular complexity index is 3760. The number of likely N-dealkylation sites (tertiary alicyclic amines) is 2. The van der Waals surface area contributed by atoms with Crippen LogP contribution in [0, 0.1) is 25.7 Å². The highest BCUT2D eigenvalue weighted by atomic mass is 16.2. The molecule has 13 nitrogen and oxygen atoms in total. The van der Waals surface area contributed by atoms with Gasteiger partial charge in [0.1, 0.15) is 19.6 Å². The number of hydrogen-bond acceptors (Lipinski definition) is 7. The van der Waals surface area contributed by atoms with Crippen molar-refractivity contribution < 1.29 is 14.4 Å². The Balaban J connectivity index is 0.000000149. The van der Waals surface area contributed by atoms with Gasteiger partial charge < -0.3 is 49.3 Å². The van der Waals surface area contributed by atoms with Crippen LogP contribution in [-0.2, 0) is 34.0 Å². The van der Waals surface area contributed by atoms with Crippen LogP contribution < -0.4 is 20.9 Å². The molecule has 3 amide bonds. The lowest BCUT2D eigenvalue weighted by atomic mass is 9.92. The average Bonchev–Trinajstić information content (AvgIpc) is 1.93. The number of rotatable bonds is 20. The molecule has 90 heavy (non-hydrogen) atoms. The Labute approximate surface area is 535 Å². The van der Waals surface area contributed by atoms with Gasteiger partial charge in [0.15, 0.2) is 0 Å². The first-order chi connectivity index (χ1) is 43.6. The molecular weight excluding hydrogens is 1110 g/mol. The molecule has 1 saturated carbocycles. The zero-order chi connectivity index (χ0) is 63.1. The maximum atomic E-state index is 12.6. The van der Waals surface area contributed by atoms with Crippen molar-refractivity contribution in [3.8, 4) is 33.4 Å². The lowest BCUT2D eigenvalue weighted by Gasteiger charge is -2.34. The van der Waals surface area contributed by atoms with Crippen molar-refractivity contribution in [3.63, 3.8) is 0 Å². The molecule has 3 fully saturated rings. The van der Waals surface area contributed by atoms with Crippen molar-refractivity contribution in [1.29, 1.82) is 0 Å². The zero-order valence-electron chi connectivity index (χ0n) is 54.9. The van der Waals surface area contributed by atoms with E-state index in [0.29, 0.717) is 38.8 Å². The molecule has 3 unspecified atom stereocenters. The first-order valence-corrected chi connectivity index (χ1v) is 33.2. The van der Waals surface area contributed by atoms with Crippen molar-refractivity contribution in [2.24, 2.45) is 11.8 Å². The number of benzene rings is 6. The monoisotopic (exact) mass is 1210 g/mol. The van der Waals surface area contributed by atoms with Gasteiger partial charge in [0.05, 0.1) is 0 Å². The van der Waals surface area contributed by atoms with Crippen LogP contribution >= 0.6 is 0 Å². The molecule has 1 aliphatic carbocycles. The molecule has 0 spiro atoms. The number of anilines is 1. The molecule has 9 aromatic rings. The number of amides is 3. The van der Waals surface area contributed by atoms with E-state index in [-0.39, 0.29) is 23.8 Å². The maximum Gasteiger partial charge on any atom is 0.240 e. The minimum absolute atomic E-state index is 0.0697. The molecule has 2 saturated heterocycles. The van der Waals surface area contributed by atoms with Gasteiger partial charge in [-0.25, -0.2) is 0 Å². The topological polar surface area (TPSA) is 115 Å². The molecule has 0 radical (unpaired) electrons. The number of nitrogens with one attached hydrogen (secondary N) is 3. The predicted molar refractivity (Wildman–Crippen MR) is 374 cm³/mol. The average molecular weight is 1210 g/mol. The van der Waals surface area contributed by atoms with E-state index in [1.165, 1.54) is 96.0 Å². The number of carbonyl (C=O) groups is 3. The fraction of sp³-hybridized carbons (Fsp3) is 0.416. The summed E-state index contributed by atoms with van der Waals surface area (Å²) in [4.78, 5) is 47.2. The summed E-state index contributed by atoms with van der Waals surface area (Å²) in [6, 6.07) is 52.2. The molecule has 0 bridgehead atoms. The molecule has 13 heteroatoms. The highest BCUT2D eigenvalue weighted by molar-refractivity contribution is 5.90. The summed E-state index contributed by atoms with van der Waals surface area (Å²) in [5.74, 6) is 1.72. The fourth-order valence-electron chi connectivity index (χ4n) is 13.6. The van der Waals surface area contributed by atoms with Crippen molar-refractivity contribution in [3.05, 3.63) is 175 Å². The van der Waals surface area contributed by atoms with Gasteiger partial charge in [-0.15, -0.1) is 0 Å². The molecule has 5 heterocycles. The Hall–Kier alpha value is -7.97. The van der Waals surface area contributed by atoms with E-state index in [1.807, 2.05) is 46.4 Å². The van der Waals surface area contributed by atoms with Crippen molar-refractivity contribution in [2.75, 3.05) is 84.9 Å². The Kier molecular flexibility index (Phi) is 22.5. The lowest BCUT2D eigenvalue weighted by molar-refractivity contribution is -0.123.